The molecule has 22 heavy (non-hydrogen) atoms. The van der Waals surface area contributed by atoms with Crippen LogP contribution >= 0.6 is 22.6 Å². The molecule has 1 amide bonds. The van der Waals surface area contributed by atoms with Gasteiger partial charge in [-0.05, 0) is 58.5 Å². The molecule has 2 rings (SSSR count). The van der Waals surface area contributed by atoms with E-state index >= 15 is 0 Å². The number of hydrogen-bond acceptors (Lipinski definition) is 4. The number of ether oxygens (including phenoxy) is 2. The SMILES string of the molecule is COc1ccc(C(O)COc2cc(C(N)=O)ccc2I)cc1. The Kier molecular flexibility index (Phi) is 5.62. The molecule has 6 heteroatoms. The summed E-state index contributed by atoms with van der Waals surface area (Å²) in [5.74, 6) is 0.724. The molecule has 0 aromatic heterocycles. The third kappa shape index (κ3) is 4.11. The largest absolute Gasteiger partial charge is 0.497 e. The number of primary amides is 1. The normalized spacial score (nSPS) is 11.8. The van der Waals surface area contributed by atoms with Crippen molar-refractivity contribution in [2.24, 2.45) is 5.73 Å². The van der Waals surface area contributed by atoms with Crippen LogP contribution in [0.2, 0.25) is 0 Å². The third-order valence-corrected chi connectivity index (χ3v) is 4.00. The van der Waals surface area contributed by atoms with E-state index in [2.05, 4.69) is 22.6 Å². The van der Waals surface area contributed by atoms with Crippen molar-refractivity contribution in [2.75, 3.05) is 13.7 Å². The number of carbonyl (C=O) groups excluding carboxylic acids is 1. The predicted octanol–water partition coefficient (Wildman–Crippen LogP) is 2.51. The van der Waals surface area contributed by atoms with Crippen molar-refractivity contribution >= 4 is 28.5 Å². The molecular weight excluding hydrogens is 397 g/mol. The van der Waals surface area contributed by atoms with Gasteiger partial charge in [-0.1, -0.05) is 12.1 Å². The van der Waals surface area contributed by atoms with Crippen LogP contribution in [0.25, 0.3) is 0 Å². The van der Waals surface area contributed by atoms with Crippen molar-refractivity contribution in [1.29, 1.82) is 0 Å². The zero-order chi connectivity index (χ0) is 16.1. The number of rotatable bonds is 6. The highest BCUT2D eigenvalue weighted by Crippen LogP contribution is 2.24. The Morgan fingerprint density at radius 2 is 1.95 bits per heavy atom. The molecule has 1 unspecified atom stereocenters. The highest BCUT2D eigenvalue weighted by atomic mass is 127. The molecule has 0 spiro atoms. The quantitative estimate of drug-likeness (QED) is 0.714. The summed E-state index contributed by atoms with van der Waals surface area (Å²) in [6.45, 7) is 0.0740. The van der Waals surface area contributed by atoms with Crippen LogP contribution in [0.15, 0.2) is 42.5 Å². The standard InChI is InChI=1S/C16H16INO4/c1-21-12-5-2-10(3-6-12)14(19)9-22-15-8-11(16(18)20)4-7-13(15)17/h2-8,14,19H,9H2,1H3,(H2,18,20). The number of aliphatic hydroxyl groups excluding tert-OH is 1. The molecule has 0 aliphatic carbocycles. The zero-order valence-electron chi connectivity index (χ0n) is 12.0. The topological polar surface area (TPSA) is 81.8 Å². The number of carbonyl (C=O) groups is 1. The van der Waals surface area contributed by atoms with E-state index in [4.69, 9.17) is 15.2 Å². The first-order chi connectivity index (χ1) is 10.5. The fourth-order valence-corrected chi connectivity index (χ4v) is 2.35. The Bertz CT molecular complexity index is 658. The minimum atomic E-state index is -0.779. The molecule has 1 atom stereocenters. The molecule has 3 N–H and O–H groups in total. The van der Waals surface area contributed by atoms with Crippen LogP contribution in [0, 0.1) is 3.57 Å². The van der Waals surface area contributed by atoms with Crippen LogP contribution in [0.3, 0.4) is 0 Å². The first-order valence-corrected chi connectivity index (χ1v) is 7.63. The Labute approximate surface area is 142 Å². The summed E-state index contributed by atoms with van der Waals surface area (Å²) in [5, 5.41) is 10.2. The van der Waals surface area contributed by atoms with Crippen LogP contribution < -0.4 is 15.2 Å². The van der Waals surface area contributed by atoms with E-state index in [1.165, 1.54) is 0 Å². The summed E-state index contributed by atoms with van der Waals surface area (Å²) in [6.07, 6.45) is -0.779. The fraction of sp³-hybridized carbons (Fsp3) is 0.188. The number of aliphatic hydroxyl groups is 1. The lowest BCUT2D eigenvalue weighted by atomic mass is 10.1. The maximum absolute atomic E-state index is 11.2. The van der Waals surface area contributed by atoms with Gasteiger partial charge in [0.25, 0.3) is 0 Å². The van der Waals surface area contributed by atoms with Crippen LogP contribution in [-0.4, -0.2) is 24.7 Å². The van der Waals surface area contributed by atoms with Crippen LogP contribution in [-0.2, 0) is 0 Å². The summed E-state index contributed by atoms with van der Waals surface area (Å²) in [6, 6.07) is 12.1. The van der Waals surface area contributed by atoms with Gasteiger partial charge < -0.3 is 20.3 Å². The van der Waals surface area contributed by atoms with Gasteiger partial charge in [-0.3, -0.25) is 4.79 Å². The van der Waals surface area contributed by atoms with Crippen molar-refractivity contribution in [1.82, 2.24) is 0 Å². The summed E-state index contributed by atoms with van der Waals surface area (Å²) in [7, 11) is 1.59. The number of halogens is 1. The lowest BCUT2D eigenvalue weighted by molar-refractivity contribution is 0.0997. The first kappa shape index (κ1) is 16.6. The van der Waals surface area contributed by atoms with Gasteiger partial charge in [-0.15, -0.1) is 0 Å². The number of amides is 1. The number of hydrogen-bond donors (Lipinski definition) is 2. The van der Waals surface area contributed by atoms with E-state index in [9.17, 15) is 9.90 Å². The van der Waals surface area contributed by atoms with Gasteiger partial charge in [0.05, 0.1) is 10.7 Å². The van der Waals surface area contributed by atoms with Gasteiger partial charge in [0.2, 0.25) is 5.91 Å². The van der Waals surface area contributed by atoms with E-state index < -0.39 is 12.0 Å². The number of benzene rings is 2. The van der Waals surface area contributed by atoms with Crippen LogP contribution in [0.5, 0.6) is 11.5 Å². The van der Waals surface area contributed by atoms with E-state index in [-0.39, 0.29) is 6.61 Å². The molecule has 0 aliphatic heterocycles. The lowest BCUT2D eigenvalue weighted by Gasteiger charge is -2.14. The van der Waals surface area contributed by atoms with Crippen molar-refractivity contribution < 1.29 is 19.4 Å². The van der Waals surface area contributed by atoms with Crippen molar-refractivity contribution in [2.45, 2.75) is 6.10 Å². The summed E-state index contributed by atoms with van der Waals surface area (Å²) in [5.41, 5.74) is 6.34. The molecule has 0 radical (unpaired) electrons. The van der Waals surface area contributed by atoms with Crippen molar-refractivity contribution in [3.05, 3.63) is 57.2 Å². The average molecular weight is 413 g/mol. The number of methoxy groups -OCH3 is 1. The second-order valence-electron chi connectivity index (χ2n) is 4.61. The molecule has 2 aromatic rings. The first-order valence-electron chi connectivity index (χ1n) is 6.55. The smallest absolute Gasteiger partial charge is 0.248 e. The molecule has 5 nitrogen and oxygen atoms in total. The minimum absolute atomic E-state index is 0.0740. The van der Waals surface area contributed by atoms with Crippen molar-refractivity contribution in [3.8, 4) is 11.5 Å². The molecule has 0 saturated carbocycles. The van der Waals surface area contributed by atoms with Gasteiger partial charge in [0.1, 0.15) is 24.2 Å². The molecule has 116 valence electrons. The maximum atomic E-state index is 11.2. The molecule has 0 fully saturated rings. The van der Waals surface area contributed by atoms with Gasteiger partial charge in [-0.2, -0.15) is 0 Å². The molecule has 2 aromatic carbocycles. The average Bonchev–Trinajstić information content (AvgIpc) is 2.53. The second-order valence-corrected chi connectivity index (χ2v) is 5.77. The molecule has 0 aliphatic rings. The molecule has 0 heterocycles. The molecule has 0 saturated heterocycles. The monoisotopic (exact) mass is 413 g/mol. The molecule has 0 bridgehead atoms. The second kappa shape index (κ2) is 7.46. The lowest BCUT2D eigenvalue weighted by Crippen LogP contribution is -2.13. The Hall–Kier alpha value is -1.80. The Morgan fingerprint density at radius 1 is 1.27 bits per heavy atom. The Morgan fingerprint density at radius 3 is 2.55 bits per heavy atom. The minimum Gasteiger partial charge on any atom is -0.497 e. The van der Waals surface area contributed by atoms with Crippen LogP contribution in [0.1, 0.15) is 22.0 Å². The summed E-state index contributed by atoms with van der Waals surface area (Å²) in [4.78, 5) is 11.2. The van der Waals surface area contributed by atoms with E-state index in [0.717, 1.165) is 14.9 Å². The molecular formula is C16H16INO4. The van der Waals surface area contributed by atoms with Gasteiger partial charge in [-0.25, -0.2) is 0 Å². The van der Waals surface area contributed by atoms with Gasteiger partial charge >= 0.3 is 0 Å². The summed E-state index contributed by atoms with van der Waals surface area (Å²) >= 11 is 2.10. The zero-order valence-corrected chi connectivity index (χ0v) is 14.1. The van der Waals surface area contributed by atoms with Crippen molar-refractivity contribution in [3.63, 3.8) is 0 Å². The summed E-state index contributed by atoms with van der Waals surface area (Å²) < 4.78 is 11.5. The predicted molar refractivity (Wildman–Crippen MR) is 91.1 cm³/mol. The van der Waals surface area contributed by atoms with E-state index in [1.54, 1.807) is 49.6 Å². The van der Waals surface area contributed by atoms with E-state index in [0.29, 0.717) is 11.3 Å². The fourth-order valence-electron chi connectivity index (χ4n) is 1.86. The van der Waals surface area contributed by atoms with Gasteiger partial charge in [0.15, 0.2) is 0 Å². The van der Waals surface area contributed by atoms with E-state index in [1.807, 2.05) is 0 Å². The van der Waals surface area contributed by atoms with Gasteiger partial charge in [0, 0.05) is 5.56 Å². The van der Waals surface area contributed by atoms with Crippen LogP contribution in [0.4, 0.5) is 0 Å². The third-order valence-electron chi connectivity index (χ3n) is 3.11. The Balaban J connectivity index is 2.05. The highest BCUT2D eigenvalue weighted by Gasteiger charge is 2.11. The highest BCUT2D eigenvalue weighted by molar-refractivity contribution is 14.1. The maximum Gasteiger partial charge on any atom is 0.248 e. The number of nitrogens with two attached hydrogens (primary N) is 1.